The molecule has 0 saturated heterocycles. The van der Waals surface area contributed by atoms with Crippen molar-refractivity contribution in [3.8, 4) is 0 Å². The number of nitrogen functional groups attached to an aromatic ring is 1. The molecule has 0 aliphatic heterocycles. The monoisotopic (exact) mass is 293 g/mol. The summed E-state index contributed by atoms with van der Waals surface area (Å²) >= 11 is 0. The van der Waals surface area contributed by atoms with Crippen molar-refractivity contribution in [3.63, 3.8) is 0 Å². The zero-order valence-corrected chi connectivity index (χ0v) is 12.7. The second-order valence-electron chi connectivity index (χ2n) is 5.73. The van der Waals surface area contributed by atoms with Crippen LogP contribution in [0.25, 0.3) is 0 Å². The number of halogens is 1. The van der Waals surface area contributed by atoms with Gasteiger partial charge < -0.3 is 11.1 Å². The van der Waals surface area contributed by atoms with E-state index in [-0.39, 0.29) is 17.6 Å². The van der Waals surface area contributed by atoms with Gasteiger partial charge in [-0.3, -0.25) is 9.69 Å². The number of nitrogens with two attached hydrogens (primary N) is 1. The highest BCUT2D eigenvalue weighted by atomic mass is 19.1. The standard InChI is InChI=1S/C16H24FN3O/c1-3-4-9-20(13-6-7-13)11(2)16(21)19-15-10-12(18)5-8-14(15)17/h5,8,10-11,13H,3-4,6-7,9,18H2,1-2H3,(H,19,21). The average molecular weight is 293 g/mol. The molecule has 1 aromatic carbocycles. The molecule has 0 spiro atoms. The lowest BCUT2D eigenvalue weighted by Gasteiger charge is -2.28. The highest BCUT2D eigenvalue weighted by Crippen LogP contribution is 2.29. The first-order chi connectivity index (χ1) is 10.0. The minimum absolute atomic E-state index is 0.151. The molecule has 3 N–H and O–H groups in total. The molecular weight excluding hydrogens is 269 g/mol. The molecule has 1 amide bonds. The quantitative estimate of drug-likeness (QED) is 0.760. The molecule has 4 nitrogen and oxygen atoms in total. The molecule has 116 valence electrons. The number of rotatable bonds is 7. The van der Waals surface area contributed by atoms with Gasteiger partial charge in [-0.05, 0) is 50.9 Å². The molecule has 0 aromatic heterocycles. The molecule has 0 radical (unpaired) electrons. The van der Waals surface area contributed by atoms with E-state index in [0.29, 0.717) is 11.7 Å². The lowest BCUT2D eigenvalue weighted by atomic mass is 10.2. The van der Waals surface area contributed by atoms with E-state index in [9.17, 15) is 9.18 Å². The third kappa shape index (κ3) is 4.17. The van der Waals surface area contributed by atoms with Gasteiger partial charge in [0.05, 0.1) is 11.7 Å². The zero-order chi connectivity index (χ0) is 15.4. The predicted molar refractivity (Wildman–Crippen MR) is 83.5 cm³/mol. The third-order valence-corrected chi connectivity index (χ3v) is 3.91. The minimum Gasteiger partial charge on any atom is -0.399 e. The molecule has 5 heteroatoms. The topological polar surface area (TPSA) is 58.4 Å². The summed E-state index contributed by atoms with van der Waals surface area (Å²) in [6.07, 6.45) is 4.46. The van der Waals surface area contributed by atoms with Gasteiger partial charge in [0, 0.05) is 11.7 Å². The van der Waals surface area contributed by atoms with E-state index in [1.807, 2.05) is 6.92 Å². The van der Waals surface area contributed by atoms with Gasteiger partial charge in [0.15, 0.2) is 0 Å². The number of amides is 1. The number of carbonyl (C=O) groups excluding carboxylic acids is 1. The van der Waals surface area contributed by atoms with Gasteiger partial charge >= 0.3 is 0 Å². The van der Waals surface area contributed by atoms with Gasteiger partial charge in [-0.2, -0.15) is 0 Å². The smallest absolute Gasteiger partial charge is 0.241 e. The SMILES string of the molecule is CCCCN(C1CC1)C(C)C(=O)Nc1cc(N)ccc1F. The molecule has 0 bridgehead atoms. The number of unbranched alkanes of at least 4 members (excludes halogenated alkanes) is 1. The van der Waals surface area contributed by atoms with E-state index < -0.39 is 5.82 Å². The molecule has 1 aliphatic carbocycles. The van der Waals surface area contributed by atoms with Crippen LogP contribution in [0.2, 0.25) is 0 Å². The fraction of sp³-hybridized carbons (Fsp3) is 0.562. The van der Waals surface area contributed by atoms with Crippen LogP contribution >= 0.6 is 0 Å². The van der Waals surface area contributed by atoms with Gasteiger partial charge in [-0.25, -0.2) is 4.39 Å². The van der Waals surface area contributed by atoms with Crippen molar-refractivity contribution in [1.82, 2.24) is 4.90 Å². The molecule has 1 aromatic rings. The first-order valence-electron chi connectivity index (χ1n) is 7.64. The van der Waals surface area contributed by atoms with Gasteiger partial charge in [0.2, 0.25) is 5.91 Å². The van der Waals surface area contributed by atoms with Crippen LogP contribution in [-0.2, 0) is 4.79 Å². The zero-order valence-electron chi connectivity index (χ0n) is 12.7. The van der Waals surface area contributed by atoms with Crippen molar-refractivity contribution in [2.45, 2.75) is 51.6 Å². The Balaban J connectivity index is 2.02. The second kappa shape index (κ2) is 6.89. The summed E-state index contributed by atoms with van der Waals surface area (Å²) in [7, 11) is 0. The number of nitrogens with one attached hydrogen (secondary N) is 1. The second-order valence-corrected chi connectivity index (χ2v) is 5.73. The number of anilines is 2. The molecular formula is C16H24FN3O. The highest BCUT2D eigenvalue weighted by Gasteiger charge is 2.34. The normalized spacial score (nSPS) is 16.0. The first-order valence-corrected chi connectivity index (χ1v) is 7.64. The van der Waals surface area contributed by atoms with Crippen molar-refractivity contribution in [3.05, 3.63) is 24.0 Å². The van der Waals surface area contributed by atoms with Crippen LogP contribution in [0.4, 0.5) is 15.8 Å². The van der Waals surface area contributed by atoms with Crippen LogP contribution < -0.4 is 11.1 Å². The first kappa shape index (κ1) is 15.8. The summed E-state index contributed by atoms with van der Waals surface area (Å²) in [5.41, 5.74) is 6.22. The number of carbonyl (C=O) groups is 1. The van der Waals surface area contributed by atoms with E-state index in [0.717, 1.165) is 32.2 Å². The van der Waals surface area contributed by atoms with Crippen LogP contribution in [-0.4, -0.2) is 29.4 Å². The van der Waals surface area contributed by atoms with E-state index in [1.165, 1.54) is 18.2 Å². The van der Waals surface area contributed by atoms with Crippen LogP contribution in [0.1, 0.15) is 39.5 Å². The highest BCUT2D eigenvalue weighted by molar-refractivity contribution is 5.95. The predicted octanol–water partition coefficient (Wildman–Crippen LogP) is 3.00. The molecule has 1 fully saturated rings. The summed E-state index contributed by atoms with van der Waals surface area (Å²) in [6.45, 7) is 4.93. The average Bonchev–Trinajstić information content (AvgIpc) is 3.27. The van der Waals surface area contributed by atoms with Crippen molar-refractivity contribution in [2.75, 3.05) is 17.6 Å². The summed E-state index contributed by atoms with van der Waals surface area (Å²) in [6, 6.07) is 4.44. The minimum atomic E-state index is -0.462. The van der Waals surface area contributed by atoms with Crippen molar-refractivity contribution in [2.24, 2.45) is 0 Å². The van der Waals surface area contributed by atoms with Crippen molar-refractivity contribution < 1.29 is 9.18 Å². The Morgan fingerprint density at radius 1 is 1.52 bits per heavy atom. The van der Waals surface area contributed by atoms with Gasteiger partial charge in [0.25, 0.3) is 0 Å². The van der Waals surface area contributed by atoms with E-state index in [1.54, 1.807) is 0 Å². The Hall–Kier alpha value is -1.62. The van der Waals surface area contributed by atoms with Crippen LogP contribution in [0, 0.1) is 5.82 Å². The molecule has 1 saturated carbocycles. The summed E-state index contributed by atoms with van der Waals surface area (Å²) in [5, 5.41) is 2.65. The Kier molecular flexibility index (Phi) is 5.17. The molecule has 1 aliphatic rings. The maximum Gasteiger partial charge on any atom is 0.241 e. The molecule has 2 rings (SSSR count). The number of nitrogens with zero attached hydrogens (tertiary/aromatic N) is 1. The number of benzene rings is 1. The summed E-state index contributed by atoms with van der Waals surface area (Å²) < 4.78 is 13.7. The molecule has 21 heavy (non-hydrogen) atoms. The maximum atomic E-state index is 13.7. The largest absolute Gasteiger partial charge is 0.399 e. The Morgan fingerprint density at radius 3 is 2.86 bits per heavy atom. The third-order valence-electron chi connectivity index (χ3n) is 3.91. The Labute approximate surface area is 125 Å². The molecule has 0 heterocycles. The van der Waals surface area contributed by atoms with Crippen molar-refractivity contribution in [1.29, 1.82) is 0 Å². The van der Waals surface area contributed by atoms with Crippen molar-refractivity contribution >= 4 is 17.3 Å². The van der Waals surface area contributed by atoms with Gasteiger partial charge in [0.1, 0.15) is 5.82 Å². The van der Waals surface area contributed by atoms with Crippen LogP contribution in [0.3, 0.4) is 0 Å². The maximum absolute atomic E-state index is 13.7. The molecule has 1 atom stereocenters. The number of hydrogen-bond donors (Lipinski definition) is 2. The molecule has 1 unspecified atom stereocenters. The van der Waals surface area contributed by atoms with Crippen LogP contribution in [0.15, 0.2) is 18.2 Å². The summed E-state index contributed by atoms with van der Waals surface area (Å²) in [5.74, 6) is -0.640. The summed E-state index contributed by atoms with van der Waals surface area (Å²) in [4.78, 5) is 14.6. The van der Waals surface area contributed by atoms with Crippen LogP contribution in [0.5, 0.6) is 0 Å². The number of hydrogen-bond acceptors (Lipinski definition) is 3. The lowest BCUT2D eigenvalue weighted by molar-refractivity contribution is -0.121. The lowest BCUT2D eigenvalue weighted by Crippen LogP contribution is -2.44. The van der Waals surface area contributed by atoms with E-state index in [4.69, 9.17) is 5.73 Å². The fourth-order valence-corrected chi connectivity index (χ4v) is 2.47. The van der Waals surface area contributed by atoms with E-state index in [2.05, 4.69) is 17.1 Å². The van der Waals surface area contributed by atoms with Gasteiger partial charge in [-0.15, -0.1) is 0 Å². The Morgan fingerprint density at radius 2 is 2.24 bits per heavy atom. The fourth-order valence-electron chi connectivity index (χ4n) is 2.47. The Bertz CT molecular complexity index is 502. The van der Waals surface area contributed by atoms with Gasteiger partial charge in [-0.1, -0.05) is 13.3 Å². The van der Waals surface area contributed by atoms with E-state index >= 15 is 0 Å².